The summed E-state index contributed by atoms with van der Waals surface area (Å²) in [4.78, 5) is 59.6. The van der Waals surface area contributed by atoms with Gasteiger partial charge in [0.2, 0.25) is 17.2 Å². The van der Waals surface area contributed by atoms with E-state index in [1.807, 2.05) is 29.5 Å². The fourth-order valence-corrected chi connectivity index (χ4v) is 12.8. The number of amides is 1. The van der Waals surface area contributed by atoms with Crippen molar-refractivity contribution in [2.45, 2.75) is 176 Å². The number of alkyl carbamates (subject to hydrolysis) is 1. The highest BCUT2D eigenvalue weighted by atomic mass is 127. The first kappa shape index (κ1) is 67.5. The number of fused-ring (bicyclic) bond motifs is 2. The SMILES string of the molecule is CCN[C@H]1CO[C@@H](O[C@H]2[C@H](O[C@H]3C#C/C=C/C#C[C@]4(O)CC(=O)C(NC(=O)OC)=C3/C4=C\CSC(C)=O)O[C@H](C)[C@@H](NO[C@H]3C[C@H](O)[C@H](SC(=O)c4c(C)c(I)c(O[C@@H]5O[C@@H](C)[C@H](O)[C@@H](OC)[C@H]5O)c(OC)c4OC)[C@@H](C)O3)[C@@H]2O)C[C@@H]1OC. The van der Waals surface area contributed by atoms with Crippen molar-refractivity contribution in [2.75, 3.05) is 54.5 Å². The first-order valence-electron chi connectivity index (χ1n) is 27.1. The van der Waals surface area contributed by atoms with Crippen LogP contribution >= 0.6 is 46.1 Å². The maximum atomic E-state index is 14.4. The number of benzene rings is 1. The lowest BCUT2D eigenvalue weighted by atomic mass is 9.75. The maximum Gasteiger partial charge on any atom is 0.411 e. The second kappa shape index (κ2) is 30.3. The van der Waals surface area contributed by atoms with E-state index in [9.17, 15) is 44.7 Å². The van der Waals surface area contributed by atoms with Gasteiger partial charge in [0.25, 0.3) is 0 Å². The van der Waals surface area contributed by atoms with E-state index in [1.165, 1.54) is 46.5 Å². The van der Waals surface area contributed by atoms with Crippen LogP contribution in [-0.4, -0.2) is 217 Å². The zero-order valence-corrected chi connectivity index (χ0v) is 52.0. The molecule has 0 unspecified atom stereocenters. The Morgan fingerprint density at radius 2 is 1.58 bits per heavy atom. The van der Waals surface area contributed by atoms with Gasteiger partial charge in [-0.25, -0.2) is 4.79 Å². The number of rotatable bonds is 20. The summed E-state index contributed by atoms with van der Waals surface area (Å²) in [5.74, 6) is 10.7. The summed E-state index contributed by atoms with van der Waals surface area (Å²) in [7, 11) is 6.72. The molecule has 4 saturated heterocycles. The molecular formula is C56H74IN3O22S2. The maximum absolute atomic E-state index is 14.4. The average molecular weight is 1330 g/mol. The van der Waals surface area contributed by atoms with Gasteiger partial charge in [0.05, 0.1) is 97.0 Å². The number of hydrogen-bond donors (Lipinski definition) is 8. The van der Waals surface area contributed by atoms with E-state index in [0.717, 1.165) is 30.6 Å². The van der Waals surface area contributed by atoms with Crippen LogP contribution in [0.15, 0.2) is 35.1 Å². The first-order chi connectivity index (χ1) is 40.0. The Hall–Kier alpha value is -3.97. The minimum atomic E-state index is -2.16. The van der Waals surface area contributed by atoms with E-state index in [-0.39, 0.29) is 76.0 Å². The van der Waals surface area contributed by atoms with Gasteiger partial charge in [-0.2, -0.15) is 5.48 Å². The van der Waals surface area contributed by atoms with Crippen LogP contribution in [0.25, 0.3) is 0 Å². The number of carbonyl (C=O) groups excluding carboxylic acids is 4. The lowest BCUT2D eigenvalue weighted by molar-refractivity contribution is -0.336. The number of aliphatic hydroxyl groups is 5. The molecule has 1 aromatic carbocycles. The Kier molecular flexibility index (Phi) is 24.4. The molecule has 1 aromatic rings. The minimum absolute atomic E-state index is 0.0117. The van der Waals surface area contributed by atoms with Crippen LogP contribution in [0.5, 0.6) is 17.2 Å². The van der Waals surface area contributed by atoms with Gasteiger partial charge < -0.3 is 87.7 Å². The predicted octanol–water partition coefficient (Wildman–Crippen LogP) is 1.82. The second-order valence-electron chi connectivity index (χ2n) is 20.4. The number of thioether (sulfide) groups is 2. The number of hydroxylamine groups is 1. The fourth-order valence-electron chi connectivity index (χ4n) is 10.5. The molecule has 8 N–H and O–H groups in total. The fraction of sp³-hybridized carbons (Fsp3) is 0.643. The molecule has 4 heterocycles. The van der Waals surface area contributed by atoms with Gasteiger partial charge in [0.15, 0.2) is 46.9 Å². The summed E-state index contributed by atoms with van der Waals surface area (Å²) in [6, 6.07) is -1.32. The molecule has 7 rings (SSSR count). The number of aliphatic hydroxyl groups excluding tert-OH is 4. The number of nitrogens with one attached hydrogen (secondary N) is 3. The lowest BCUT2D eigenvalue weighted by Gasteiger charge is -2.46. The molecule has 4 aliphatic heterocycles. The molecule has 25 nitrogen and oxygen atoms in total. The summed E-state index contributed by atoms with van der Waals surface area (Å²) in [5, 5.41) is 62.2. The third-order valence-electron chi connectivity index (χ3n) is 14.9. The summed E-state index contributed by atoms with van der Waals surface area (Å²) in [6.07, 6.45) is -14.6. The smallest absolute Gasteiger partial charge is 0.411 e. The van der Waals surface area contributed by atoms with Gasteiger partial charge in [-0.15, -0.1) is 0 Å². The molecule has 0 radical (unpaired) electrons. The van der Waals surface area contributed by atoms with Crippen LogP contribution in [0.1, 0.15) is 69.8 Å². The predicted molar refractivity (Wildman–Crippen MR) is 309 cm³/mol. The number of allylic oxidation sites excluding steroid dienone is 3. The van der Waals surface area contributed by atoms with Gasteiger partial charge in [-0.3, -0.25) is 24.5 Å². The van der Waals surface area contributed by atoms with E-state index in [2.05, 4.69) is 39.8 Å². The molecule has 6 aliphatic rings. The minimum Gasteiger partial charge on any atom is -0.492 e. The summed E-state index contributed by atoms with van der Waals surface area (Å²) in [6.45, 7) is 10.7. The number of halogens is 1. The highest BCUT2D eigenvalue weighted by molar-refractivity contribution is 14.1. The average Bonchev–Trinajstić information content (AvgIpc) is 3.34. The first-order valence-corrected chi connectivity index (χ1v) is 30.0. The molecule has 0 saturated carbocycles. The van der Waals surface area contributed by atoms with Gasteiger partial charge in [0.1, 0.15) is 36.6 Å². The van der Waals surface area contributed by atoms with Crippen LogP contribution in [0.4, 0.5) is 4.79 Å². The number of hydrogen-bond acceptors (Lipinski definition) is 26. The third-order valence-corrected chi connectivity index (χ3v) is 18.3. The van der Waals surface area contributed by atoms with E-state index in [1.54, 1.807) is 34.8 Å². The van der Waals surface area contributed by atoms with Gasteiger partial charge >= 0.3 is 6.09 Å². The quantitative estimate of drug-likeness (QED) is 0.0524. The van der Waals surface area contributed by atoms with Crippen LogP contribution in [0.2, 0.25) is 0 Å². The highest BCUT2D eigenvalue weighted by Crippen LogP contribution is 2.49. The molecule has 0 aromatic heterocycles. The van der Waals surface area contributed by atoms with Crippen molar-refractivity contribution in [1.29, 1.82) is 0 Å². The number of Topliss-reactive ketones (excluding diaryl/α,β-unsaturated/α-hetero) is 1. The second-order valence-corrected chi connectivity index (χ2v) is 23.8. The topological polar surface area (TPSA) is 326 Å². The van der Waals surface area contributed by atoms with E-state index in [0.29, 0.717) is 15.7 Å². The van der Waals surface area contributed by atoms with E-state index in [4.69, 9.17) is 61.7 Å². The summed E-state index contributed by atoms with van der Waals surface area (Å²) in [5.41, 5.74) is 0.827. The van der Waals surface area contributed by atoms with Crippen molar-refractivity contribution in [3.8, 4) is 40.9 Å². The Morgan fingerprint density at radius 3 is 2.24 bits per heavy atom. The Labute approximate surface area is 509 Å². The van der Waals surface area contributed by atoms with Crippen molar-refractivity contribution in [2.24, 2.45) is 0 Å². The van der Waals surface area contributed by atoms with E-state index < -0.39 is 133 Å². The van der Waals surface area contributed by atoms with Crippen molar-refractivity contribution >= 4 is 68.2 Å². The molecule has 84 heavy (non-hydrogen) atoms. The molecule has 19 atom stereocenters. The zero-order chi connectivity index (χ0) is 61.3. The van der Waals surface area contributed by atoms with Gasteiger partial charge in [0, 0.05) is 50.9 Å². The molecule has 28 heteroatoms. The monoisotopic (exact) mass is 1330 g/mol. The molecule has 2 bridgehead atoms. The van der Waals surface area contributed by atoms with Crippen LogP contribution < -0.4 is 30.3 Å². The number of methoxy groups -OCH3 is 5. The highest BCUT2D eigenvalue weighted by Gasteiger charge is 2.52. The number of ether oxygens (including phenoxy) is 12. The van der Waals surface area contributed by atoms with E-state index >= 15 is 0 Å². The molecule has 464 valence electrons. The standard InChI is InChI=1S/C56H74IN3O22S2/c1-12-58-31-24-75-36(22-35(31)70-7)80-49-44(65)41(26(3)77-54(49)79-34-17-15-13-14-16-19-56(69)23-33(63)42(59-55(68)74-11)39(34)30(56)18-20-83-29(6)61)60-82-37-21-32(62)51(28(5)76-37)84-52(67)38-25(2)40(57)47(50(73-10)46(38)71-8)81-53-45(66)48(72-9)43(64)27(4)78-53/h13-14,18,26-28,31-32,34-37,41,43-45,48-49,51,53-54,58,60,62,64-66,69H,12,20-24H2,1-11H3,(H,59,68)/b14-13+,30-18+/t26-,27+,28-,31+,32+,34+,35+,36+,37+,41-,43+,44+,45-,48-,49-,51-,53+,54+,56+/m1/s1. The van der Waals surface area contributed by atoms with Crippen molar-refractivity contribution < 1.29 is 106 Å². The van der Waals surface area contributed by atoms with Crippen molar-refractivity contribution in [3.63, 3.8) is 0 Å². The summed E-state index contributed by atoms with van der Waals surface area (Å²) >= 11 is 3.72. The van der Waals surface area contributed by atoms with Crippen LogP contribution in [-0.2, 0) is 57.1 Å². The summed E-state index contributed by atoms with van der Waals surface area (Å²) < 4.78 is 72.3. The molecule has 0 spiro atoms. The molecule has 4 fully saturated rings. The number of ketones is 1. The number of likely N-dealkylation sites (N-methyl/N-ethyl adjacent to an activating group) is 1. The Bertz CT molecular complexity index is 2770. The van der Waals surface area contributed by atoms with Gasteiger partial charge in [-0.1, -0.05) is 60.2 Å². The third kappa shape index (κ3) is 15.3. The lowest BCUT2D eigenvalue weighted by Crippen LogP contribution is -2.65. The Balaban J connectivity index is 1.12. The normalized spacial score (nSPS) is 35.9. The molecule has 1 amide bonds. The Morgan fingerprint density at radius 1 is 0.869 bits per heavy atom. The largest absolute Gasteiger partial charge is 0.492 e. The van der Waals surface area contributed by atoms with Crippen molar-refractivity contribution in [1.82, 2.24) is 16.1 Å². The number of carbonyl (C=O) groups is 4. The van der Waals surface area contributed by atoms with Gasteiger partial charge in [-0.05, 0) is 74.5 Å². The molecular weight excluding hydrogens is 1260 g/mol. The van der Waals surface area contributed by atoms with Crippen molar-refractivity contribution in [3.05, 3.63) is 49.8 Å². The molecule has 2 aliphatic carbocycles. The van der Waals surface area contributed by atoms with Crippen LogP contribution in [0, 0.1) is 34.2 Å². The van der Waals surface area contributed by atoms with Crippen LogP contribution in [0.3, 0.4) is 0 Å². The zero-order valence-electron chi connectivity index (χ0n) is 48.2.